The van der Waals surface area contributed by atoms with Crippen LogP contribution < -0.4 is 0 Å². The predicted molar refractivity (Wildman–Crippen MR) is 53.3 cm³/mol. The molecule has 0 bridgehead atoms. The van der Waals surface area contributed by atoms with Crippen LogP contribution in [0.15, 0.2) is 18.5 Å². The minimum absolute atomic E-state index is 0.0878. The fourth-order valence-corrected chi connectivity index (χ4v) is 1.23. The molecule has 0 aliphatic carbocycles. The molecule has 0 radical (unpaired) electrons. The van der Waals surface area contributed by atoms with Gasteiger partial charge in [0, 0.05) is 0 Å². The van der Waals surface area contributed by atoms with Gasteiger partial charge in [-0.3, -0.25) is 4.57 Å². The highest BCUT2D eigenvalue weighted by atomic mass is 15.2. The lowest BCUT2D eigenvalue weighted by atomic mass is 10.3. The molecule has 0 fully saturated rings. The molecule has 0 saturated carbocycles. The topological polar surface area (TPSA) is 91.2 Å². The average molecular weight is 210 g/mol. The van der Waals surface area contributed by atoms with E-state index in [-0.39, 0.29) is 11.4 Å². The monoisotopic (exact) mass is 210 g/mol. The Morgan fingerprint density at radius 1 is 1.19 bits per heavy atom. The molecule has 16 heavy (non-hydrogen) atoms. The summed E-state index contributed by atoms with van der Waals surface area (Å²) in [7, 11) is 0. The first-order valence-electron chi connectivity index (χ1n) is 4.44. The maximum Gasteiger partial charge on any atom is 0.177 e. The molecule has 0 N–H and O–H groups in total. The van der Waals surface area contributed by atoms with E-state index in [9.17, 15) is 0 Å². The summed E-state index contributed by atoms with van der Waals surface area (Å²) in [5.74, 6) is 0.469. The van der Waals surface area contributed by atoms with Crippen LogP contribution in [-0.4, -0.2) is 19.7 Å². The van der Waals surface area contributed by atoms with E-state index in [4.69, 9.17) is 10.5 Å². The fraction of sp³-hybridized carbons (Fsp3) is 0.100. The standard InChI is InChI=1S/C10H6N6/c1-7-2-3-10(15-14-7)16-6-13-8(4-11)9(16)5-12/h2-3,6H,1H3. The van der Waals surface area contributed by atoms with Gasteiger partial charge in [0.25, 0.3) is 0 Å². The number of aromatic nitrogens is 4. The number of rotatable bonds is 1. The third-order valence-electron chi connectivity index (χ3n) is 2.01. The number of aryl methyl sites for hydroxylation is 1. The van der Waals surface area contributed by atoms with Crippen molar-refractivity contribution < 1.29 is 0 Å². The highest BCUT2D eigenvalue weighted by molar-refractivity contribution is 5.41. The van der Waals surface area contributed by atoms with E-state index in [0.29, 0.717) is 5.82 Å². The Hall–Kier alpha value is -2.73. The Kier molecular flexibility index (Phi) is 2.33. The van der Waals surface area contributed by atoms with Gasteiger partial charge in [-0.15, -0.1) is 5.10 Å². The SMILES string of the molecule is Cc1ccc(-n2cnc(C#N)c2C#N)nn1. The number of nitrogens with zero attached hydrogens (tertiary/aromatic N) is 6. The number of hydrogen-bond acceptors (Lipinski definition) is 5. The van der Waals surface area contributed by atoms with E-state index in [2.05, 4.69) is 15.2 Å². The second-order valence-electron chi connectivity index (χ2n) is 3.07. The summed E-state index contributed by atoms with van der Waals surface area (Å²) >= 11 is 0. The van der Waals surface area contributed by atoms with Crippen molar-refractivity contribution in [3.05, 3.63) is 35.5 Å². The molecular formula is C10H6N6. The highest BCUT2D eigenvalue weighted by Gasteiger charge is 2.12. The van der Waals surface area contributed by atoms with Gasteiger partial charge in [0.15, 0.2) is 17.2 Å². The second kappa shape index (κ2) is 3.79. The number of nitriles is 2. The van der Waals surface area contributed by atoms with E-state index in [1.54, 1.807) is 12.1 Å². The molecule has 0 saturated heterocycles. The largest absolute Gasteiger partial charge is 0.271 e. The summed E-state index contributed by atoms with van der Waals surface area (Å²) in [6.45, 7) is 1.82. The van der Waals surface area contributed by atoms with E-state index in [1.165, 1.54) is 10.9 Å². The Morgan fingerprint density at radius 3 is 2.56 bits per heavy atom. The maximum absolute atomic E-state index is 8.93. The molecular weight excluding hydrogens is 204 g/mol. The van der Waals surface area contributed by atoms with Crippen LogP contribution in [-0.2, 0) is 0 Å². The van der Waals surface area contributed by atoms with Crippen molar-refractivity contribution >= 4 is 0 Å². The summed E-state index contributed by atoms with van der Waals surface area (Å²) in [5, 5.41) is 25.5. The van der Waals surface area contributed by atoms with Gasteiger partial charge in [0.1, 0.15) is 18.5 Å². The minimum atomic E-state index is 0.0878. The summed E-state index contributed by atoms with van der Waals surface area (Å²) in [6.07, 6.45) is 1.39. The van der Waals surface area contributed by atoms with Crippen LogP contribution in [0.5, 0.6) is 0 Å². The van der Waals surface area contributed by atoms with Gasteiger partial charge in [-0.1, -0.05) is 0 Å². The zero-order chi connectivity index (χ0) is 11.5. The van der Waals surface area contributed by atoms with E-state index in [1.807, 2.05) is 19.1 Å². The van der Waals surface area contributed by atoms with Gasteiger partial charge in [0.05, 0.1) is 5.69 Å². The second-order valence-corrected chi connectivity index (χ2v) is 3.07. The zero-order valence-corrected chi connectivity index (χ0v) is 8.42. The van der Waals surface area contributed by atoms with Crippen molar-refractivity contribution in [1.29, 1.82) is 10.5 Å². The van der Waals surface area contributed by atoms with Crippen molar-refractivity contribution in [2.75, 3.05) is 0 Å². The number of imidazole rings is 1. The fourth-order valence-electron chi connectivity index (χ4n) is 1.23. The summed E-state index contributed by atoms with van der Waals surface area (Å²) in [6, 6.07) is 7.25. The molecule has 6 heteroatoms. The average Bonchev–Trinajstić information content (AvgIpc) is 2.72. The Balaban J connectivity index is 2.58. The Labute approximate surface area is 91.4 Å². The van der Waals surface area contributed by atoms with Gasteiger partial charge in [-0.05, 0) is 19.1 Å². The Morgan fingerprint density at radius 2 is 2.00 bits per heavy atom. The van der Waals surface area contributed by atoms with Gasteiger partial charge < -0.3 is 0 Å². The molecule has 0 spiro atoms. The lowest BCUT2D eigenvalue weighted by molar-refractivity contribution is 0.883. The molecule has 2 rings (SSSR count). The normalized spacial score (nSPS) is 9.44. The summed E-state index contributed by atoms with van der Waals surface area (Å²) < 4.78 is 1.44. The van der Waals surface area contributed by atoms with Crippen molar-refractivity contribution in [2.45, 2.75) is 6.92 Å². The van der Waals surface area contributed by atoms with Crippen molar-refractivity contribution in [3.63, 3.8) is 0 Å². The molecule has 2 heterocycles. The lowest BCUT2D eigenvalue weighted by Crippen LogP contribution is -2.01. The first-order valence-corrected chi connectivity index (χ1v) is 4.44. The summed E-state index contributed by atoms with van der Waals surface area (Å²) in [5.41, 5.74) is 1.04. The van der Waals surface area contributed by atoms with Crippen molar-refractivity contribution in [1.82, 2.24) is 19.7 Å². The third kappa shape index (κ3) is 1.49. The summed E-state index contributed by atoms with van der Waals surface area (Å²) in [4.78, 5) is 3.82. The van der Waals surface area contributed by atoms with Crippen molar-refractivity contribution in [2.24, 2.45) is 0 Å². The number of hydrogen-bond donors (Lipinski definition) is 0. The zero-order valence-electron chi connectivity index (χ0n) is 8.42. The van der Waals surface area contributed by atoms with Gasteiger partial charge in [0.2, 0.25) is 0 Å². The van der Waals surface area contributed by atoms with Gasteiger partial charge in [-0.2, -0.15) is 15.6 Å². The quantitative estimate of drug-likeness (QED) is 0.691. The Bertz CT molecular complexity index is 596. The molecule has 0 aromatic carbocycles. The molecule has 0 amide bonds. The van der Waals surface area contributed by atoms with Gasteiger partial charge >= 0.3 is 0 Å². The van der Waals surface area contributed by atoms with Crippen LogP contribution in [0.25, 0.3) is 5.82 Å². The van der Waals surface area contributed by atoms with E-state index < -0.39 is 0 Å². The van der Waals surface area contributed by atoms with Crippen LogP contribution in [0.4, 0.5) is 0 Å². The molecule has 0 aliphatic heterocycles. The molecule has 6 nitrogen and oxygen atoms in total. The molecule has 2 aromatic heterocycles. The third-order valence-corrected chi connectivity index (χ3v) is 2.01. The van der Waals surface area contributed by atoms with Crippen LogP contribution in [0.3, 0.4) is 0 Å². The highest BCUT2D eigenvalue weighted by Crippen LogP contribution is 2.10. The molecule has 0 unspecified atom stereocenters. The van der Waals surface area contributed by atoms with Crippen molar-refractivity contribution in [3.8, 4) is 18.0 Å². The van der Waals surface area contributed by atoms with Crippen LogP contribution in [0.2, 0.25) is 0 Å². The van der Waals surface area contributed by atoms with E-state index in [0.717, 1.165) is 5.69 Å². The molecule has 0 atom stereocenters. The first-order chi connectivity index (χ1) is 7.76. The van der Waals surface area contributed by atoms with Crippen LogP contribution in [0, 0.1) is 29.6 Å². The molecule has 0 aliphatic rings. The van der Waals surface area contributed by atoms with E-state index >= 15 is 0 Å². The lowest BCUT2D eigenvalue weighted by Gasteiger charge is -2.00. The predicted octanol–water partition coefficient (Wildman–Crippen LogP) is 0.714. The van der Waals surface area contributed by atoms with Crippen LogP contribution in [0.1, 0.15) is 17.1 Å². The maximum atomic E-state index is 8.93. The van der Waals surface area contributed by atoms with Crippen LogP contribution >= 0.6 is 0 Å². The molecule has 76 valence electrons. The molecule has 2 aromatic rings. The minimum Gasteiger partial charge on any atom is -0.271 e. The van der Waals surface area contributed by atoms with Gasteiger partial charge in [-0.25, -0.2) is 4.98 Å². The first kappa shape index (κ1) is 9.81. The smallest absolute Gasteiger partial charge is 0.177 e.